The van der Waals surface area contributed by atoms with Crippen molar-refractivity contribution in [3.8, 4) is 0 Å². The van der Waals surface area contributed by atoms with Gasteiger partial charge in [-0.1, -0.05) is 11.8 Å². The number of carboxylic acids is 1. The van der Waals surface area contributed by atoms with Gasteiger partial charge in [-0.15, -0.1) is 5.10 Å². The molecule has 7 nitrogen and oxygen atoms in total. The summed E-state index contributed by atoms with van der Waals surface area (Å²) < 4.78 is 1.18. The lowest BCUT2D eigenvalue weighted by Gasteiger charge is -2.02. The largest absolute Gasteiger partial charge is 0.480 e. The summed E-state index contributed by atoms with van der Waals surface area (Å²) in [5, 5.41) is 28.4. The molecule has 1 heterocycles. The van der Waals surface area contributed by atoms with Gasteiger partial charge < -0.3 is 10.2 Å². The first-order chi connectivity index (χ1) is 6.59. The predicted octanol–water partition coefficient (Wildman–Crippen LogP) is -0.769. The maximum atomic E-state index is 10.4. The summed E-state index contributed by atoms with van der Waals surface area (Å²) in [7, 11) is 0. The Hall–Kier alpha value is -1.15. The molecule has 1 rings (SSSR count). The Kier molecular flexibility index (Phi) is 3.84. The van der Waals surface area contributed by atoms with Crippen LogP contribution in [0, 0.1) is 0 Å². The summed E-state index contributed by atoms with van der Waals surface area (Å²) in [6.07, 6.45) is -0.477. The fourth-order valence-electron chi connectivity index (χ4n) is 0.722. The van der Waals surface area contributed by atoms with Crippen LogP contribution in [-0.4, -0.2) is 48.2 Å². The molecule has 0 fully saturated rings. The lowest BCUT2D eigenvalue weighted by molar-refractivity contribution is -0.138. The van der Waals surface area contributed by atoms with Crippen LogP contribution in [-0.2, 0) is 11.3 Å². The minimum absolute atomic E-state index is 0.269. The second-order valence-corrected chi connectivity index (χ2v) is 3.66. The van der Waals surface area contributed by atoms with E-state index in [2.05, 4.69) is 15.5 Å². The lowest BCUT2D eigenvalue weighted by Crippen LogP contribution is -2.12. The van der Waals surface area contributed by atoms with E-state index in [9.17, 15) is 4.79 Å². The Labute approximate surface area is 84.1 Å². The maximum absolute atomic E-state index is 10.4. The molecule has 78 valence electrons. The number of hydrogen-bond donors (Lipinski definition) is 2. The minimum atomic E-state index is -1.00. The Morgan fingerprint density at radius 3 is 3.00 bits per heavy atom. The summed E-state index contributed by atoms with van der Waals surface area (Å²) in [6.45, 7) is 1.37. The van der Waals surface area contributed by atoms with E-state index in [-0.39, 0.29) is 6.54 Å². The molecule has 0 saturated heterocycles. The molecule has 8 heteroatoms. The number of aliphatic carboxylic acids is 1. The average molecular weight is 218 g/mol. The van der Waals surface area contributed by atoms with Gasteiger partial charge in [0.1, 0.15) is 6.54 Å². The number of rotatable bonds is 5. The second kappa shape index (κ2) is 4.91. The van der Waals surface area contributed by atoms with Crippen molar-refractivity contribution in [2.45, 2.75) is 24.7 Å². The highest BCUT2D eigenvalue weighted by atomic mass is 32.2. The first kappa shape index (κ1) is 10.9. The highest BCUT2D eigenvalue weighted by Gasteiger charge is 2.10. The van der Waals surface area contributed by atoms with E-state index in [0.717, 1.165) is 0 Å². The number of thioether (sulfide) groups is 1. The third-order valence-corrected chi connectivity index (χ3v) is 2.44. The van der Waals surface area contributed by atoms with Gasteiger partial charge in [0.25, 0.3) is 0 Å². The van der Waals surface area contributed by atoms with E-state index in [1.807, 2.05) is 0 Å². The van der Waals surface area contributed by atoms with Crippen LogP contribution in [0.3, 0.4) is 0 Å². The van der Waals surface area contributed by atoms with Crippen molar-refractivity contribution in [1.29, 1.82) is 0 Å². The van der Waals surface area contributed by atoms with E-state index in [1.165, 1.54) is 16.4 Å². The van der Waals surface area contributed by atoms with Gasteiger partial charge in [0, 0.05) is 5.75 Å². The Balaban J connectivity index is 2.58. The molecule has 0 saturated carbocycles. The number of carboxylic acid groups (broad SMARTS) is 1. The normalized spacial score (nSPS) is 12.7. The van der Waals surface area contributed by atoms with Gasteiger partial charge in [-0.25, -0.2) is 4.68 Å². The molecule has 0 bridgehead atoms. The van der Waals surface area contributed by atoms with Crippen LogP contribution in [0.15, 0.2) is 5.16 Å². The van der Waals surface area contributed by atoms with Gasteiger partial charge in [-0.2, -0.15) is 0 Å². The van der Waals surface area contributed by atoms with Crippen LogP contribution in [0.25, 0.3) is 0 Å². The fraction of sp³-hybridized carbons (Fsp3) is 0.667. The van der Waals surface area contributed by atoms with E-state index >= 15 is 0 Å². The molecule has 1 atom stereocenters. The van der Waals surface area contributed by atoms with Gasteiger partial charge in [0.2, 0.25) is 5.16 Å². The number of tetrazole rings is 1. The predicted molar refractivity (Wildman–Crippen MR) is 47.9 cm³/mol. The van der Waals surface area contributed by atoms with Gasteiger partial charge in [-0.05, 0) is 17.4 Å². The zero-order valence-electron chi connectivity index (χ0n) is 7.49. The molecule has 1 aromatic rings. The second-order valence-electron chi connectivity index (χ2n) is 2.67. The molecule has 0 radical (unpaired) electrons. The Bertz CT molecular complexity index is 314. The lowest BCUT2D eigenvalue weighted by atomic mass is 10.5. The fourth-order valence-corrected chi connectivity index (χ4v) is 1.46. The third kappa shape index (κ3) is 3.30. The number of nitrogens with zero attached hydrogens (tertiary/aromatic N) is 4. The van der Waals surface area contributed by atoms with E-state index in [1.54, 1.807) is 6.92 Å². The highest BCUT2D eigenvalue weighted by Crippen LogP contribution is 2.14. The molecule has 2 N–H and O–H groups in total. The molecule has 0 aliphatic heterocycles. The molecular weight excluding hydrogens is 208 g/mol. The van der Waals surface area contributed by atoms with Gasteiger partial charge in [-0.3, -0.25) is 4.79 Å². The number of aromatic nitrogens is 4. The monoisotopic (exact) mass is 218 g/mol. The first-order valence-electron chi connectivity index (χ1n) is 3.88. The number of aliphatic hydroxyl groups excluding tert-OH is 1. The van der Waals surface area contributed by atoms with E-state index in [0.29, 0.717) is 10.9 Å². The van der Waals surface area contributed by atoms with E-state index < -0.39 is 12.1 Å². The van der Waals surface area contributed by atoms with Gasteiger partial charge in [0.05, 0.1) is 6.10 Å². The summed E-state index contributed by atoms with van der Waals surface area (Å²) >= 11 is 1.22. The standard InChI is InChI=1S/C6H10N4O3S/c1-4(11)3-14-6-7-8-9-10(6)2-5(12)13/h4,11H,2-3H2,1H3,(H,12,13). The van der Waals surface area contributed by atoms with Crippen LogP contribution < -0.4 is 0 Å². The summed E-state index contributed by atoms with van der Waals surface area (Å²) in [4.78, 5) is 10.4. The van der Waals surface area contributed by atoms with Gasteiger partial charge in [0.15, 0.2) is 0 Å². The smallest absolute Gasteiger partial charge is 0.325 e. The van der Waals surface area contributed by atoms with Crippen LogP contribution in [0.1, 0.15) is 6.92 Å². The summed E-state index contributed by atoms with van der Waals surface area (Å²) in [6, 6.07) is 0. The van der Waals surface area contributed by atoms with Crippen molar-refractivity contribution < 1.29 is 15.0 Å². The molecule has 0 aliphatic carbocycles. The molecule has 0 spiro atoms. The zero-order chi connectivity index (χ0) is 10.6. The Morgan fingerprint density at radius 2 is 2.43 bits per heavy atom. The summed E-state index contributed by atoms with van der Waals surface area (Å²) in [5.74, 6) is -0.573. The van der Waals surface area contributed by atoms with Crippen LogP contribution in [0.2, 0.25) is 0 Å². The van der Waals surface area contributed by atoms with Crippen molar-refractivity contribution in [2.75, 3.05) is 5.75 Å². The maximum Gasteiger partial charge on any atom is 0.325 e. The number of carbonyl (C=O) groups is 1. The molecular formula is C6H10N4O3S. The van der Waals surface area contributed by atoms with Gasteiger partial charge >= 0.3 is 5.97 Å². The molecule has 0 amide bonds. The van der Waals surface area contributed by atoms with Crippen molar-refractivity contribution in [2.24, 2.45) is 0 Å². The van der Waals surface area contributed by atoms with Crippen molar-refractivity contribution in [3.63, 3.8) is 0 Å². The molecule has 1 unspecified atom stereocenters. The van der Waals surface area contributed by atoms with Crippen molar-refractivity contribution >= 4 is 17.7 Å². The minimum Gasteiger partial charge on any atom is -0.480 e. The Morgan fingerprint density at radius 1 is 1.71 bits per heavy atom. The molecule has 0 aromatic carbocycles. The van der Waals surface area contributed by atoms with Crippen molar-refractivity contribution in [3.05, 3.63) is 0 Å². The summed E-state index contributed by atoms with van der Waals surface area (Å²) in [5.41, 5.74) is 0. The van der Waals surface area contributed by atoms with E-state index in [4.69, 9.17) is 10.2 Å². The average Bonchev–Trinajstić information content (AvgIpc) is 2.47. The number of hydrogen-bond acceptors (Lipinski definition) is 6. The quantitative estimate of drug-likeness (QED) is 0.626. The van der Waals surface area contributed by atoms with Crippen LogP contribution in [0.5, 0.6) is 0 Å². The highest BCUT2D eigenvalue weighted by molar-refractivity contribution is 7.99. The molecule has 1 aromatic heterocycles. The molecule has 0 aliphatic rings. The SMILES string of the molecule is CC(O)CSc1nnnn1CC(=O)O. The molecule has 14 heavy (non-hydrogen) atoms. The number of aliphatic hydroxyl groups is 1. The zero-order valence-corrected chi connectivity index (χ0v) is 8.31. The topological polar surface area (TPSA) is 101 Å². The van der Waals surface area contributed by atoms with Crippen LogP contribution in [0.4, 0.5) is 0 Å². The van der Waals surface area contributed by atoms with Crippen LogP contribution >= 0.6 is 11.8 Å². The van der Waals surface area contributed by atoms with Crippen molar-refractivity contribution in [1.82, 2.24) is 20.2 Å². The first-order valence-corrected chi connectivity index (χ1v) is 4.87. The third-order valence-electron chi connectivity index (χ3n) is 1.24.